The van der Waals surface area contributed by atoms with E-state index >= 15 is 0 Å². The molecule has 2 aromatic heterocycles. The number of nitrogens with zero attached hydrogens (tertiary/aromatic N) is 2. The first-order valence-electron chi connectivity index (χ1n) is 8.99. The Labute approximate surface area is 187 Å². The fourth-order valence-corrected chi connectivity index (χ4v) is 3.77. The SMILES string of the molecule is CC([n+]1ccc(-c2cc[n+](-c3cccc4ccccc34)cc2)cc1)P(=O)(O)O.[Cl-].[Cl-]. The van der Waals surface area contributed by atoms with Gasteiger partial charge in [0.05, 0.1) is 5.39 Å². The quantitative estimate of drug-likeness (QED) is 0.266. The lowest BCUT2D eigenvalue weighted by Crippen LogP contribution is -3.00. The molecule has 30 heavy (non-hydrogen) atoms. The Balaban J connectivity index is 0.00000160. The van der Waals surface area contributed by atoms with Gasteiger partial charge in [0.2, 0.25) is 5.69 Å². The molecular formula is C22H21Cl2N2O3P. The molecule has 1 atom stereocenters. The summed E-state index contributed by atoms with van der Waals surface area (Å²) in [5, 5.41) is 2.39. The number of hydrogen-bond donors (Lipinski definition) is 2. The fraction of sp³-hybridized carbons (Fsp3) is 0.0909. The minimum absolute atomic E-state index is 0. The van der Waals surface area contributed by atoms with Crippen LogP contribution in [-0.2, 0) is 4.57 Å². The van der Waals surface area contributed by atoms with Crippen molar-refractivity contribution in [3.8, 4) is 16.8 Å². The van der Waals surface area contributed by atoms with E-state index in [1.807, 2.05) is 48.8 Å². The molecule has 0 aliphatic heterocycles. The number of benzene rings is 2. The summed E-state index contributed by atoms with van der Waals surface area (Å²) >= 11 is 0. The first-order chi connectivity index (χ1) is 13.4. The smallest absolute Gasteiger partial charge is 0.392 e. The highest BCUT2D eigenvalue weighted by molar-refractivity contribution is 7.51. The molecule has 0 bridgehead atoms. The fourth-order valence-electron chi connectivity index (χ4n) is 3.27. The van der Waals surface area contributed by atoms with Crippen molar-refractivity contribution < 1.29 is 48.3 Å². The van der Waals surface area contributed by atoms with Gasteiger partial charge in [-0.3, -0.25) is 4.57 Å². The molecule has 2 N–H and O–H groups in total. The molecule has 156 valence electrons. The Morgan fingerprint density at radius 3 is 1.90 bits per heavy atom. The van der Waals surface area contributed by atoms with E-state index in [-0.39, 0.29) is 24.8 Å². The first kappa shape index (κ1) is 24.0. The topological polar surface area (TPSA) is 65.3 Å². The molecule has 0 saturated carbocycles. The summed E-state index contributed by atoms with van der Waals surface area (Å²) in [6, 6.07) is 22.3. The number of hydrogen-bond acceptors (Lipinski definition) is 1. The van der Waals surface area contributed by atoms with Gasteiger partial charge in [-0.05, 0) is 22.6 Å². The van der Waals surface area contributed by atoms with Crippen LogP contribution >= 0.6 is 7.60 Å². The van der Waals surface area contributed by atoms with Gasteiger partial charge in [-0.15, -0.1) is 0 Å². The van der Waals surface area contributed by atoms with Crippen molar-refractivity contribution >= 4 is 18.4 Å². The number of aromatic nitrogens is 2. The standard InChI is InChI=1S/C22H19N2O3P.2ClH/c1-17(28(25,26)27)23-13-9-18(10-14-23)19-11-15-24(16-12-19)22-8-4-6-20-5-2-3-7-21(20)22;;/h2-17H,1H3;2*1H. The zero-order chi connectivity index (χ0) is 19.7. The average Bonchev–Trinajstić information content (AvgIpc) is 2.72. The van der Waals surface area contributed by atoms with Gasteiger partial charge in [-0.25, -0.2) is 0 Å². The summed E-state index contributed by atoms with van der Waals surface area (Å²) < 4.78 is 15.0. The van der Waals surface area contributed by atoms with Gasteiger partial charge in [0.15, 0.2) is 24.8 Å². The van der Waals surface area contributed by atoms with Gasteiger partial charge in [0.25, 0.3) is 5.78 Å². The Bertz CT molecular complexity index is 1170. The summed E-state index contributed by atoms with van der Waals surface area (Å²) in [5.74, 6) is -0.883. The van der Waals surface area contributed by atoms with Crippen LogP contribution in [0.2, 0.25) is 0 Å². The van der Waals surface area contributed by atoms with Crippen molar-refractivity contribution in [2.45, 2.75) is 12.7 Å². The van der Waals surface area contributed by atoms with Crippen molar-refractivity contribution in [1.82, 2.24) is 0 Å². The van der Waals surface area contributed by atoms with E-state index < -0.39 is 13.4 Å². The van der Waals surface area contributed by atoms with Crippen LogP contribution in [0.25, 0.3) is 27.6 Å². The van der Waals surface area contributed by atoms with E-state index in [2.05, 4.69) is 34.9 Å². The van der Waals surface area contributed by atoms with Gasteiger partial charge >= 0.3 is 7.60 Å². The van der Waals surface area contributed by atoms with Gasteiger partial charge in [0, 0.05) is 37.3 Å². The molecule has 4 rings (SSSR count). The van der Waals surface area contributed by atoms with Crippen molar-refractivity contribution in [3.63, 3.8) is 0 Å². The van der Waals surface area contributed by atoms with Crippen LogP contribution in [0.4, 0.5) is 0 Å². The van der Waals surface area contributed by atoms with Crippen LogP contribution in [0.1, 0.15) is 12.7 Å². The Hall–Kier alpha value is -2.27. The van der Waals surface area contributed by atoms with Crippen LogP contribution in [0, 0.1) is 0 Å². The highest BCUT2D eigenvalue weighted by Gasteiger charge is 2.32. The number of halogens is 2. The molecule has 0 spiro atoms. The monoisotopic (exact) mass is 462 g/mol. The number of rotatable bonds is 4. The molecule has 2 heterocycles. The number of fused-ring (bicyclic) bond motifs is 1. The first-order valence-corrected chi connectivity index (χ1v) is 10.7. The summed E-state index contributed by atoms with van der Waals surface area (Å²) in [6.45, 7) is 1.51. The molecule has 8 heteroatoms. The van der Waals surface area contributed by atoms with E-state index in [4.69, 9.17) is 0 Å². The molecule has 4 aromatic rings. The van der Waals surface area contributed by atoms with Crippen molar-refractivity contribution in [3.05, 3.63) is 91.5 Å². The molecule has 0 amide bonds. The summed E-state index contributed by atoms with van der Waals surface area (Å²) in [5.41, 5.74) is 3.14. The minimum atomic E-state index is -4.17. The predicted octanol–water partition coefficient (Wildman–Crippen LogP) is -2.22. The van der Waals surface area contributed by atoms with E-state index in [0.29, 0.717) is 0 Å². The zero-order valence-corrected chi connectivity index (χ0v) is 18.5. The molecule has 5 nitrogen and oxygen atoms in total. The largest absolute Gasteiger partial charge is 1.00 e. The predicted molar refractivity (Wildman–Crippen MR) is 108 cm³/mol. The average molecular weight is 463 g/mol. The lowest BCUT2D eigenvalue weighted by Gasteiger charge is -2.09. The molecule has 0 aliphatic carbocycles. The molecular weight excluding hydrogens is 442 g/mol. The van der Waals surface area contributed by atoms with Gasteiger partial charge in [-0.1, -0.05) is 30.3 Å². The Kier molecular flexibility index (Phi) is 7.75. The summed E-state index contributed by atoms with van der Waals surface area (Å²) in [4.78, 5) is 18.7. The lowest BCUT2D eigenvalue weighted by atomic mass is 10.1. The van der Waals surface area contributed by atoms with Gasteiger partial charge < -0.3 is 34.6 Å². The second-order valence-corrected chi connectivity index (χ2v) is 8.67. The molecule has 2 aromatic carbocycles. The molecule has 0 saturated heterocycles. The number of pyridine rings is 2. The van der Waals surface area contributed by atoms with Gasteiger partial charge in [0.1, 0.15) is 0 Å². The van der Waals surface area contributed by atoms with Crippen LogP contribution < -0.4 is 33.9 Å². The maximum atomic E-state index is 11.4. The van der Waals surface area contributed by atoms with Crippen molar-refractivity contribution in [2.75, 3.05) is 0 Å². The maximum Gasteiger partial charge on any atom is 0.392 e. The van der Waals surface area contributed by atoms with Crippen molar-refractivity contribution in [2.24, 2.45) is 0 Å². The highest BCUT2D eigenvalue weighted by atomic mass is 35.5. The van der Waals surface area contributed by atoms with Crippen LogP contribution in [-0.4, -0.2) is 9.79 Å². The van der Waals surface area contributed by atoms with E-state index in [1.54, 1.807) is 12.4 Å². The maximum absolute atomic E-state index is 11.4. The third kappa shape index (κ3) is 4.89. The van der Waals surface area contributed by atoms with E-state index in [9.17, 15) is 14.4 Å². The van der Waals surface area contributed by atoms with Crippen LogP contribution in [0.15, 0.2) is 91.5 Å². The summed E-state index contributed by atoms with van der Waals surface area (Å²) in [7, 11) is -4.17. The zero-order valence-electron chi connectivity index (χ0n) is 16.1. The summed E-state index contributed by atoms with van der Waals surface area (Å²) in [6.07, 6.45) is 7.45. The van der Waals surface area contributed by atoms with E-state index in [1.165, 1.54) is 22.3 Å². The normalized spacial score (nSPS) is 12.0. The van der Waals surface area contributed by atoms with Gasteiger partial charge in [-0.2, -0.15) is 9.13 Å². The Morgan fingerprint density at radius 1 is 0.767 bits per heavy atom. The molecule has 0 radical (unpaired) electrons. The molecule has 1 unspecified atom stereocenters. The minimum Gasteiger partial charge on any atom is -1.00 e. The highest BCUT2D eigenvalue weighted by Crippen LogP contribution is 2.45. The van der Waals surface area contributed by atoms with Crippen LogP contribution in [0.5, 0.6) is 0 Å². The molecule has 0 aliphatic rings. The van der Waals surface area contributed by atoms with E-state index in [0.717, 1.165) is 16.8 Å². The lowest BCUT2D eigenvalue weighted by molar-refractivity contribution is -0.701. The Morgan fingerprint density at radius 2 is 1.30 bits per heavy atom. The third-order valence-corrected chi connectivity index (χ3v) is 6.22. The molecule has 0 fully saturated rings. The second-order valence-electron chi connectivity index (χ2n) is 6.75. The van der Waals surface area contributed by atoms with Crippen molar-refractivity contribution in [1.29, 1.82) is 0 Å². The third-order valence-electron chi connectivity index (χ3n) is 4.98. The second kappa shape index (κ2) is 9.69. The van der Waals surface area contributed by atoms with Crippen LogP contribution in [0.3, 0.4) is 0 Å².